The van der Waals surface area contributed by atoms with Gasteiger partial charge in [-0.2, -0.15) is 0 Å². The van der Waals surface area contributed by atoms with E-state index in [0.29, 0.717) is 10.8 Å². The second-order valence-corrected chi connectivity index (χ2v) is 7.58. The lowest BCUT2D eigenvalue weighted by Crippen LogP contribution is -2.41. The number of hydrogen-bond acceptors (Lipinski definition) is 0. The Kier molecular flexibility index (Phi) is 2.92. The number of aryl methyl sites for hydroxylation is 1. The molecule has 1 aromatic carbocycles. The molecule has 0 heteroatoms. The van der Waals surface area contributed by atoms with Crippen LogP contribution in [0, 0.1) is 26.7 Å². The number of fused-ring (bicyclic) bond motifs is 1. The molecule has 1 atom stereocenters. The van der Waals surface area contributed by atoms with Crippen LogP contribution >= 0.6 is 0 Å². The van der Waals surface area contributed by atoms with E-state index in [-0.39, 0.29) is 0 Å². The summed E-state index contributed by atoms with van der Waals surface area (Å²) in [7, 11) is 0. The van der Waals surface area contributed by atoms with Crippen molar-refractivity contribution in [2.45, 2.75) is 72.6 Å². The van der Waals surface area contributed by atoms with Gasteiger partial charge in [-0.25, -0.2) is 0 Å². The van der Waals surface area contributed by atoms with Gasteiger partial charge in [-0.05, 0) is 71.8 Å². The van der Waals surface area contributed by atoms with Crippen LogP contribution < -0.4 is 0 Å². The molecule has 1 aliphatic carbocycles. The Balaban J connectivity index is 2.83. The van der Waals surface area contributed by atoms with E-state index in [9.17, 15) is 0 Å². The summed E-state index contributed by atoms with van der Waals surface area (Å²) < 4.78 is 0. The molecule has 18 heavy (non-hydrogen) atoms. The second kappa shape index (κ2) is 3.85. The Morgan fingerprint density at radius 1 is 1.00 bits per heavy atom. The fraction of sp³-hybridized carbons (Fsp3) is 0.667. The van der Waals surface area contributed by atoms with E-state index in [2.05, 4.69) is 61.5 Å². The van der Waals surface area contributed by atoms with Crippen molar-refractivity contribution < 1.29 is 0 Å². The fourth-order valence-electron chi connectivity index (χ4n) is 3.85. The van der Waals surface area contributed by atoms with E-state index in [0.717, 1.165) is 5.92 Å². The molecule has 2 rings (SSSR count). The average Bonchev–Trinajstić information content (AvgIpc) is 2.22. The third kappa shape index (κ3) is 1.73. The van der Waals surface area contributed by atoms with Crippen molar-refractivity contribution in [3.63, 3.8) is 0 Å². The second-order valence-electron chi connectivity index (χ2n) is 7.58. The highest BCUT2D eigenvalue weighted by Gasteiger charge is 2.43. The Morgan fingerprint density at radius 2 is 1.56 bits per heavy atom. The first kappa shape index (κ1) is 13.6. The standard InChI is InChI=1S/C18H28/c1-11-9-15-16(14(4)13(11)3)17(5,6)10-12(2)18(15,7)8/h9,12H,10H2,1-8H3. The van der Waals surface area contributed by atoms with Crippen molar-refractivity contribution in [1.29, 1.82) is 0 Å². The van der Waals surface area contributed by atoms with Gasteiger partial charge in [-0.15, -0.1) is 0 Å². The van der Waals surface area contributed by atoms with E-state index in [1.807, 2.05) is 0 Å². The summed E-state index contributed by atoms with van der Waals surface area (Å²) in [4.78, 5) is 0. The zero-order valence-electron chi connectivity index (χ0n) is 13.4. The summed E-state index contributed by atoms with van der Waals surface area (Å²) in [5, 5.41) is 0. The number of hydrogen-bond donors (Lipinski definition) is 0. The molecular formula is C18H28. The average molecular weight is 244 g/mol. The highest BCUT2D eigenvalue weighted by Crippen LogP contribution is 2.50. The molecule has 0 saturated heterocycles. The highest BCUT2D eigenvalue weighted by molar-refractivity contribution is 5.52. The maximum Gasteiger partial charge on any atom is -0.00745 e. The van der Waals surface area contributed by atoms with Gasteiger partial charge in [0.25, 0.3) is 0 Å². The first-order valence-corrected chi connectivity index (χ1v) is 7.21. The highest BCUT2D eigenvalue weighted by atomic mass is 14.5. The van der Waals surface area contributed by atoms with Crippen molar-refractivity contribution in [3.8, 4) is 0 Å². The molecule has 0 N–H and O–H groups in total. The van der Waals surface area contributed by atoms with Crippen LogP contribution in [0.3, 0.4) is 0 Å². The molecule has 0 nitrogen and oxygen atoms in total. The summed E-state index contributed by atoms with van der Waals surface area (Å²) in [6.07, 6.45) is 1.29. The molecule has 0 heterocycles. The van der Waals surface area contributed by atoms with Crippen molar-refractivity contribution in [2.24, 2.45) is 5.92 Å². The SMILES string of the molecule is Cc1cc2c(c(C)c1C)C(C)(C)CC(C)C2(C)C. The van der Waals surface area contributed by atoms with Crippen LogP contribution in [0.25, 0.3) is 0 Å². The minimum absolute atomic E-state index is 0.300. The molecule has 0 bridgehead atoms. The number of benzene rings is 1. The molecule has 1 aliphatic rings. The van der Waals surface area contributed by atoms with Crippen LogP contribution in [0.4, 0.5) is 0 Å². The molecule has 100 valence electrons. The van der Waals surface area contributed by atoms with Gasteiger partial charge < -0.3 is 0 Å². The molecule has 0 amide bonds. The Bertz CT molecular complexity index is 489. The molecule has 0 fully saturated rings. The zero-order chi connectivity index (χ0) is 13.9. The lowest BCUT2D eigenvalue weighted by molar-refractivity contribution is 0.232. The van der Waals surface area contributed by atoms with E-state index >= 15 is 0 Å². The van der Waals surface area contributed by atoms with Crippen LogP contribution in [-0.4, -0.2) is 0 Å². The smallest absolute Gasteiger partial charge is 0.00745 e. The molecule has 0 saturated carbocycles. The first-order chi connectivity index (χ1) is 8.09. The van der Waals surface area contributed by atoms with Gasteiger partial charge >= 0.3 is 0 Å². The minimum Gasteiger partial charge on any atom is -0.0616 e. The topological polar surface area (TPSA) is 0 Å². The predicted molar refractivity (Wildman–Crippen MR) is 80.5 cm³/mol. The molecular weight excluding hydrogens is 216 g/mol. The zero-order valence-corrected chi connectivity index (χ0v) is 13.4. The fourth-order valence-corrected chi connectivity index (χ4v) is 3.85. The van der Waals surface area contributed by atoms with Gasteiger partial charge in [0.15, 0.2) is 0 Å². The third-order valence-corrected chi connectivity index (χ3v) is 5.58. The lowest BCUT2D eigenvalue weighted by atomic mass is 9.57. The normalized spacial score (nSPS) is 24.8. The Hall–Kier alpha value is -0.780. The van der Waals surface area contributed by atoms with Crippen LogP contribution in [0.2, 0.25) is 0 Å². The van der Waals surface area contributed by atoms with Crippen LogP contribution in [0.5, 0.6) is 0 Å². The van der Waals surface area contributed by atoms with Crippen LogP contribution in [-0.2, 0) is 10.8 Å². The van der Waals surface area contributed by atoms with E-state index in [1.165, 1.54) is 23.1 Å². The minimum atomic E-state index is 0.300. The molecule has 1 aromatic rings. The third-order valence-electron chi connectivity index (χ3n) is 5.58. The number of rotatable bonds is 0. The summed E-state index contributed by atoms with van der Waals surface area (Å²) in [6, 6.07) is 2.45. The summed E-state index contributed by atoms with van der Waals surface area (Å²) in [6.45, 7) is 18.9. The van der Waals surface area contributed by atoms with Gasteiger partial charge in [-0.3, -0.25) is 0 Å². The predicted octanol–water partition coefficient (Wildman–Crippen LogP) is 5.21. The van der Waals surface area contributed by atoms with Gasteiger partial charge in [0.2, 0.25) is 0 Å². The van der Waals surface area contributed by atoms with Crippen molar-refractivity contribution in [1.82, 2.24) is 0 Å². The molecule has 1 unspecified atom stereocenters. The van der Waals surface area contributed by atoms with Crippen molar-refractivity contribution in [3.05, 3.63) is 33.9 Å². The molecule has 0 aliphatic heterocycles. The molecule has 0 radical (unpaired) electrons. The molecule has 0 aromatic heterocycles. The van der Waals surface area contributed by atoms with E-state index in [4.69, 9.17) is 0 Å². The first-order valence-electron chi connectivity index (χ1n) is 7.21. The van der Waals surface area contributed by atoms with Gasteiger partial charge in [0, 0.05) is 0 Å². The Labute approximate surface area is 113 Å². The van der Waals surface area contributed by atoms with Crippen LogP contribution in [0.1, 0.15) is 68.9 Å². The van der Waals surface area contributed by atoms with E-state index < -0.39 is 0 Å². The summed E-state index contributed by atoms with van der Waals surface area (Å²) in [5.41, 5.74) is 8.27. The van der Waals surface area contributed by atoms with E-state index in [1.54, 1.807) is 11.1 Å². The maximum atomic E-state index is 2.45. The van der Waals surface area contributed by atoms with Gasteiger partial charge in [0.05, 0.1) is 0 Å². The lowest BCUT2D eigenvalue weighted by Gasteiger charge is -2.48. The van der Waals surface area contributed by atoms with Crippen molar-refractivity contribution >= 4 is 0 Å². The summed E-state index contributed by atoms with van der Waals surface area (Å²) >= 11 is 0. The summed E-state index contributed by atoms with van der Waals surface area (Å²) in [5.74, 6) is 0.738. The molecule has 0 spiro atoms. The maximum absolute atomic E-state index is 2.45. The largest absolute Gasteiger partial charge is 0.0616 e. The van der Waals surface area contributed by atoms with Gasteiger partial charge in [0.1, 0.15) is 0 Å². The van der Waals surface area contributed by atoms with Gasteiger partial charge in [-0.1, -0.05) is 40.7 Å². The monoisotopic (exact) mass is 244 g/mol. The van der Waals surface area contributed by atoms with Crippen molar-refractivity contribution in [2.75, 3.05) is 0 Å². The quantitative estimate of drug-likeness (QED) is 0.588. The Morgan fingerprint density at radius 3 is 2.11 bits per heavy atom. The van der Waals surface area contributed by atoms with Crippen LogP contribution in [0.15, 0.2) is 6.07 Å².